The molecular formula is C16H21NO2. The summed E-state index contributed by atoms with van der Waals surface area (Å²) in [5.41, 5.74) is 9.75. The average Bonchev–Trinajstić information content (AvgIpc) is 2.87. The van der Waals surface area contributed by atoms with Crippen LogP contribution in [0.25, 0.3) is 0 Å². The van der Waals surface area contributed by atoms with Crippen molar-refractivity contribution in [3.05, 3.63) is 53.0 Å². The highest BCUT2D eigenvalue weighted by Crippen LogP contribution is 2.27. The summed E-state index contributed by atoms with van der Waals surface area (Å²) in [4.78, 5) is 0. The summed E-state index contributed by atoms with van der Waals surface area (Å²) >= 11 is 0. The van der Waals surface area contributed by atoms with Crippen molar-refractivity contribution >= 4 is 0 Å². The molecule has 1 aromatic carbocycles. The molecule has 1 heterocycles. The van der Waals surface area contributed by atoms with E-state index in [4.69, 9.17) is 14.9 Å². The molecule has 3 nitrogen and oxygen atoms in total. The Morgan fingerprint density at radius 1 is 1.32 bits per heavy atom. The molecule has 3 heteroatoms. The molecule has 0 radical (unpaired) electrons. The van der Waals surface area contributed by atoms with Gasteiger partial charge in [-0.3, -0.25) is 0 Å². The minimum absolute atomic E-state index is 0.0654. The van der Waals surface area contributed by atoms with Gasteiger partial charge in [-0.2, -0.15) is 0 Å². The summed E-state index contributed by atoms with van der Waals surface area (Å²) in [5, 5.41) is 0. The van der Waals surface area contributed by atoms with E-state index in [1.165, 1.54) is 5.56 Å². The Kier molecular flexibility index (Phi) is 4.27. The summed E-state index contributed by atoms with van der Waals surface area (Å²) in [7, 11) is 1.69. The Hall–Kier alpha value is -1.74. The Bertz CT molecular complexity index is 545. The number of rotatable bonds is 5. The molecular weight excluding hydrogens is 238 g/mol. The Labute approximate surface area is 114 Å². The minimum Gasteiger partial charge on any atom is -0.496 e. The van der Waals surface area contributed by atoms with E-state index < -0.39 is 0 Å². The maximum absolute atomic E-state index is 6.31. The first-order valence-corrected chi connectivity index (χ1v) is 6.61. The van der Waals surface area contributed by atoms with Gasteiger partial charge in [-0.05, 0) is 31.0 Å². The lowest BCUT2D eigenvalue weighted by atomic mass is 9.97. The third-order valence-electron chi connectivity index (χ3n) is 3.38. The van der Waals surface area contributed by atoms with Gasteiger partial charge in [0.25, 0.3) is 0 Å². The van der Waals surface area contributed by atoms with Crippen LogP contribution in [0.15, 0.2) is 34.9 Å². The van der Waals surface area contributed by atoms with E-state index in [0.717, 1.165) is 35.5 Å². The van der Waals surface area contributed by atoms with E-state index in [9.17, 15) is 0 Å². The van der Waals surface area contributed by atoms with E-state index in [1.54, 1.807) is 13.4 Å². The van der Waals surface area contributed by atoms with Gasteiger partial charge in [0.1, 0.15) is 11.5 Å². The second-order valence-electron chi connectivity index (χ2n) is 4.78. The largest absolute Gasteiger partial charge is 0.496 e. The molecule has 1 unspecified atom stereocenters. The topological polar surface area (TPSA) is 48.4 Å². The number of ether oxygens (including phenoxy) is 1. The molecule has 2 N–H and O–H groups in total. The molecule has 0 bridgehead atoms. The fourth-order valence-corrected chi connectivity index (χ4v) is 2.38. The fraction of sp³-hybridized carbons (Fsp3) is 0.375. The summed E-state index contributed by atoms with van der Waals surface area (Å²) < 4.78 is 10.8. The van der Waals surface area contributed by atoms with Gasteiger partial charge in [0.2, 0.25) is 0 Å². The van der Waals surface area contributed by atoms with Gasteiger partial charge in [-0.1, -0.05) is 24.6 Å². The van der Waals surface area contributed by atoms with Crippen molar-refractivity contribution in [3.63, 3.8) is 0 Å². The fourth-order valence-electron chi connectivity index (χ4n) is 2.38. The normalized spacial score (nSPS) is 12.4. The van der Waals surface area contributed by atoms with E-state index in [2.05, 4.69) is 19.9 Å². The molecule has 0 aliphatic carbocycles. The van der Waals surface area contributed by atoms with Crippen molar-refractivity contribution in [2.45, 2.75) is 32.7 Å². The third-order valence-corrected chi connectivity index (χ3v) is 3.38. The van der Waals surface area contributed by atoms with Crippen LogP contribution < -0.4 is 10.5 Å². The van der Waals surface area contributed by atoms with Crippen molar-refractivity contribution in [1.29, 1.82) is 0 Å². The minimum atomic E-state index is -0.0654. The monoisotopic (exact) mass is 259 g/mol. The number of aryl methyl sites for hydroxylation is 2. The molecule has 1 aromatic heterocycles. The molecule has 0 aliphatic rings. The van der Waals surface area contributed by atoms with Crippen LogP contribution in [0.2, 0.25) is 0 Å². The first-order valence-electron chi connectivity index (χ1n) is 6.61. The van der Waals surface area contributed by atoms with E-state index in [0.29, 0.717) is 0 Å². The highest BCUT2D eigenvalue weighted by molar-refractivity contribution is 5.38. The number of nitrogens with two attached hydrogens (primary N) is 1. The van der Waals surface area contributed by atoms with Crippen molar-refractivity contribution in [2.75, 3.05) is 7.11 Å². The summed E-state index contributed by atoms with van der Waals surface area (Å²) in [6.45, 7) is 4.14. The molecule has 0 saturated heterocycles. The maximum Gasteiger partial charge on any atom is 0.122 e. The predicted molar refractivity (Wildman–Crippen MR) is 76.4 cm³/mol. The van der Waals surface area contributed by atoms with Gasteiger partial charge in [0.15, 0.2) is 0 Å². The van der Waals surface area contributed by atoms with Gasteiger partial charge in [0, 0.05) is 18.0 Å². The molecule has 1 atom stereocenters. The Morgan fingerprint density at radius 2 is 2.11 bits per heavy atom. The Morgan fingerprint density at radius 3 is 2.79 bits per heavy atom. The SMILES string of the molecule is CCc1occc1C(N)Cc1cc(C)ccc1OC. The van der Waals surface area contributed by atoms with Crippen molar-refractivity contribution in [3.8, 4) is 5.75 Å². The van der Waals surface area contributed by atoms with Crippen LogP contribution in [0.5, 0.6) is 5.75 Å². The number of benzene rings is 1. The first-order chi connectivity index (χ1) is 9.15. The van der Waals surface area contributed by atoms with Gasteiger partial charge in [-0.25, -0.2) is 0 Å². The zero-order chi connectivity index (χ0) is 13.8. The molecule has 102 valence electrons. The highest BCUT2D eigenvalue weighted by atomic mass is 16.5. The molecule has 0 aliphatic heterocycles. The van der Waals surface area contributed by atoms with E-state index >= 15 is 0 Å². The van der Waals surface area contributed by atoms with Crippen LogP contribution in [0, 0.1) is 6.92 Å². The molecule has 0 amide bonds. The van der Waals surface area contributed by atoms with Gasteiger partial charge in [0.05, 0.1) is 13.4 Å². The van der Waals surface area contributed by atoms with Crippen LogP contribution in [0.3, 0.4) is 0 Å². The van der Waals surface area contributed by atoms with E-state index in [-0.39, 0.29) is 6.04 Å². The Balaban J connectivity index is 2.23. The smallest absolute Gasteiger partial charge is 0.122 e. The van der Waals surface area contributed by atoms with Gasteiger partial charge >= 0.3 is 0 Å². The molecule has 0 fully saturated rings. The lowest BCUT2D eigenvalue weighted by Gasteiger charge is -2.15. The summed E-state index contributed by atoms with van der Waals surface area (Å²) in [6.07, 6.45) is 3.32. The van der Waals surface area contributed by atoms with Crippen molar-refractivity contribution in [1.82, 2.24) is 0 Å². The number of methoxy groups -OCH3 is 1. The standard InChI is InChI=1S/C16H21NO2/c1-4-15-13(7-8-19-15)14(17)10-12-9-11(2)5-6-16(12)18-3/h5-9,14H,4,10,17H2,1-3H3. The van der Waals surface area contributed by atoms with Crippen LogP contribution >= 0.6 is 0 Å². The first kappa shape index (κ1) is 13.7. The number of furan rings is 1. The van der Waals surface area contributed by atoms with Gasteiger partial charge in [-0.15, -0.1) is 0 Å². The van der Waals surface area contributed by atoms with Crippen LogP contribution in [0.4, 0.5) is 0 Å². The zero-order valence-electron chi connectivity index (χ0n) is 11.8. The molecule has 2 aromatic rings. The third kappa shape index (κ3) is 2.99. The predicted octanol–water partition coefficient (Wildman–Crippen LogP) is 3.40. The van der Waals surface area contributed by atoms with Crippen molar-refractivity contribution in [2.24, 2.45) is 5.73 Å². The second-order valence-corrected chi connectivity index (χ2v) is 4.78. The second kappa shape index (κ2) is 5.93. The molecule has 2 rings (SSSR count). The summed E-state index contributed by atoms with van der Waals surface area (Å²) in [6, 6.07) is 8.07. The molecule has 0 spiro atoms. The van der Waals surface area contributed by atoms with Crippen LogP contribution in [-0.4, -0.2) is 7.11 Å². The molecule has 0 saturated carbocycles. The maximum atomic E-state index is 6.31. The zero-order valence-corrected chi connectivity index (χ0v) is 11.8. The van der Waals surface area contributed by atoms with Crippen LogP contribution in [0.1, 0.15) is 35.4 Å². The average molecular weight is 259 g/mol. The number of hydrogen-bond donors (Lipinski definition) is 1. The van der Waals surface area contributed by atoms with Crippen LogP contribution in [-0.2, 0) is 12.8 Å². The molecule has 19 heavy (non-hydrogen) atoms. The summed E-state index contributed by atoms with van der Waals surface area (Å²) in [5.74, 6) is 1.86. The van der Waals surface area contributed by atoms with E-state index in [1.807, 2.05) is 18.2 Å². The van der Waals surface area contributed by atoms with Gasteiger partial charge < -0.3 is 14.9 Å². The lowest BCUT2D eigenvalue weighted by Crippen LogP contribution is -2.14. The quantitative estimate of drug-likeness (QED) is 0.895. The highest BCUT2D eigenvalue weighted by Gasteiger charge is 2.15. The number of hydrogen-bond acceptors (Lipinski definition) is 3. The lowest BCUT2D eigenvalue weighted by molar-refractivity contribution is 0.407. The van der Waals surface area contributed by atoms with Crippen molar-refractivity contribution < 1.29 is 9.15 Å².